The molecule has 0 saturated carbocycles. The van der Waals surface area contributed by atoms with Crippen LogP contribution in [0.25, 0.3) is 16.3 Å². The maximum Gasteiger partial charge on any atom is 0.412 e. The van der Waals surface area contributed by atoms with E-state index in [0.29, 0.717) is 24.2 Å². The van der Waals surface area contributed by atoms with Crippen LogP contribution in [-0.4, -0.2) is 56.1 Å². The van der Waals surface area contributed by atoms with Crippen molar-refractivity contribution in [3.05, 3.63) is 102 Å². The molecule has 5 aromatic rings. The van der Waals surface area contributed by atoms with Gasteiger partial charge in [0.25, 0.3) is 0 Å². The first-order chi connectivity index (χ1) is 19.9. The number of ether oxygens (including phenoxy) is 1. The van der Waals surface area contributed by atoms with Gasteiger partial charge in [0, 0.05) is 44.0 Å². The number of anilines is 1. The second kappa shape index (κ2) is 12.6. The van der Waals surface area contributed by atoms with Gasteiger partial charge in [-0.1, -0.05) is 48.0 Å². The third kappa shape index (κ3) is 6.69. The molecule has 0 fully saturated rings. The number of aromatic nitrogens is 4. The van der Waals surface area contributed by atoms with E-state index in [0.717, 1.165) is 22.1 Å². The van der Waals surface area contributed by atoms with Crippen LogP contribution in [0.15, 0.2) is 79.5 Å². The van der Waals surface area contributed by atoms with Crippen LogP contribution in [-0.2, 0) is 17.7 Å². The van der Waals surface area contributed by atoms with Crippen LogP contribution in [0, 0.1) is 5.82 Å². The summed E-state index contributed by atoms with van der Waals surface area (Å²) in [5, 5.41) is 7.22. The van der Waals surface area contributed by atoms with E-state index in [2.05, 4.69) is 25.6 Å². The molecule has 0 aliphatic carbocycles. The first-order valence-electron chi connectivity index (χ1n) is 12.9. The van der Waals surface area contributed by atoms with Crippen LogP contribution in [0.1, 0.15) is 17.8 Å². The minimum atomic E-state index is -0.699. The molecule has 0 spiro atoms. The van der Waals surface area contributed by atoms with Gasteiger partial charge in [0.2, 0.25) is 0 Å². The molecule has 41 heavy (non-hydrogen) atoms. The van der Waals surface area contributed by atoms with Crippen LogP contribution < -0.4 is 10.6 Å². The molecule has 5 rings (SSSR count). The van der Waals surface area contributed by atoms with E-state index in [4.69, 9.17) is 16.3 Å². The van der Waals surface area contributed by atoms with Gasteiger partial charge in [-0.3, -0.25) is 10.3 Å². The normalized spacial score (nSPS) is 11.8. The van der Waals surface area contributed by atoms with E-state index in [-0.39, 0.29) is 18.2 Å². The van der Waals surface area contributed by atoms with E-state index in [9.17, 15) is 14.0 Å². The average molecular weight is 576 g/mol. The summed E-state index contributed by atoms with van der Waals surface area (Å²) in [6.45, 7) is -0.0612. The highest BCUT2D eigenvalue weighted by Crippen LogP contribution is 2.20. The van der Waals surface area contributed by atoms with E-state index < -0.39 is 24.0 Å². The number of carbonyl (C=O) groups is 2. The molecule has 0 bridgehead atoms. The molecule has 3 heterocycles. The standard InChI is InChI=1S/C29H27ClFN7O3/c1-37(28(39)35-15-21-7-4-8-24(31)27(21)30)22(9-10-26-34-17-23-16-32-11-12-38(23)26)18-41-29(40)36-25-13-19-5-2-3-6-20(19)14-33-25/h2-8,11-14,16-17,22H,9-10,15,18H2,1H3,(H,35,39)(H,33,36,40)/t22-/m0/s1. The van der Waals surface area contributed by atoms with Crippen molar-refractivity contribution < 1.29 is 18.7 Å². The Morgan fingerprint density at radius 2 is 1.93 bits per heavy atom. The Bertz CT molecular complexity index is 1700. The van der Waals surface area contributed by atoms with Crippen LogP contribution in [0.5, 0.6) is 0 Å². The number of hydrogen-bond acceptors (Lipinski definition) is 6. The molecule has 12 heteroatoms. The summed E-state index contributed by atoms with van der Waals surface area (Å²) < 4.78 is 21.3. The van der Waals surface area contributed by atoms with Gasteiger partial charge in [-0.15, -0.1) is 0 Å². The Morgan fingerprint density at radius 1 is 1.10 bits per heavy atom. The fourth-order valence-electron chi connectivity index (χ4n) is 4.39. The maximum absolute atomic E-state index is 13.8. The zero-order valence-electron chi connectivity index (χ0n) is 22.1. The lowest BCUT2D eigenvalue weighted by molar-refractivity contribution is 0.113. The number of fused-ring (bicyclic) bond motifs is 2. The van der Waals surface area contributed by atoms with E-state index >= 15 is 0 Å². The number of likely N-dealkylation sites (N-methyl/N-ethyl adjacent to an activating group) is 1. The Labute approximate surface area is 240 Å². The average Bonchev–Trinajstić information content (AvgIpc) is 3.40. The number of halogens is 2. The lowest BCUT2D eigenvalue weighted by atomic mass is 10.1. The van der Waals surface area contributed by atoms with Gasteiger partial charge in [0.05, 0.1) is 29.0 Å². The monoisotopic (exact) mass is 575 g/mol. The number of pyridine rings is 1. The Kier molecular flexibility index (Phi) is 8.54. The third-order valence-corrected chi connectivity index (χ3v) is 7.13. The zero-order valence-corrected chi connectivity index (χ0v) is 22.9. The number of aryl methyl sites for hydroxylation is 1. The molecule has 1 atom stereocenters. The summed E-state index contributed by atoms with van der Waals surface area (Å²) >= 11 is 6.03. The van der Waals surface area contributed by atoms with Crippen molar-refractivity contribution in [1.82, 2.24) is 29.6 Å². The van der Waals surface area contributed by atoms with Gasteiger partial charge in [-0.2, -0.15) is 0 Å². The van der Waals surface area contributed by atoms with Crippen LogP contribution in [0.3, 0.4) is 0 Å². The first-order valence-corrected chi connectivity index (χ1v) is 13.2. The predicted molar refractivity (Wildman–Crippen MR) is 153 cm³/mol. The summed E-state index contributed by atoms with van der Waals surface area (Å²) in [7, 11) is 1.60. The lowest BCUT2D eigenvalue weighted by Crippen LogP contribution is -2.46. The van der Waals surface area contributed by atoms with Gasteiger partial charge in [0.15, 0.2) is 0 Å². The molecule has 3 aromatic heterocycles. The van der Waals surface area contributed by atoms with Crippen molar-refractivity contribution >= 4 is 45.8 Å². The fraction of sp³-hybridized carbons (Fsp3) is 0.207. The Hall–Kier alpha value is -4.77. The second-order valence-corrected chi connectivity index (χ2v) is 9.74. The summed E-state index contributed by atoms with van der Waals surface area (Å²) in [5.41, 5.74) is 1.29. The minimum Gasteiger partial charge on any atom is -0.447 e. The molecule has 3 amide bonds. The highest BCUT2D eigenvalue weighted by Gasteiger charge is 2.23. The number of nitrogens with one attached hydrogen (secondary N) is 2. The smallest absolute Gasteiger partial charge is 0.412 e. The van der Waals surface area contributed by atoms with Gasteiger partial charge in [-0.05, 0) is 29.5 Å². The van der Waals surface area contributed by atoms with Gasteiger partial charge >= 0.3 is 12.1 Å². The molecule has 0 aliphatic rings. The van der Waals surface area contributed by atoms with E-state index in [1.807, 2.05) is 34.9 Å². The van der Waals surface area contributed by atoms with E-state index in [1.54, 1.807) is 44.0 Å². The van der Waals surface area contributed by atoms with Gasteiger partial charge in [0.1, 0.15) is 24.1 Å². The molecule has 0 radical (unpaired) electrons. The van der Waals surface area contributed by atoms with Crippen molar-refractivity contribution in [1.29, 1.82) is 0 Å². The number of imidazole rings is 1. The van der Waals surface area contributed by atoms with Crippen LogP contribution in [0.2, 0.25) is 5.02 Å². The molecular weight excluding hydrogens is 549 g/mol. The molecule has 2 N–H and O–H groups in total. The highest BCUT2D eigenvalue weighted by atomic mass is 35.5. The molecule has 2 aromatic carbocycles. The summed E-state index contributed by atoms with van der Waals surface area (Å²) in [6.07, 6.45) is 8.81. The quantitative estimate of drug-likeness (QED) is 0.241. The van der Waals surface area contributed by atoms with E-state index in [1.165, 1.54) is 17.0 Å². The molecule has 10 nitrogen and oxygen atoms in total. The van der Waals surface area contributed by atoms with Gasteiger partial charge < -0.3 is 19.4 Å². The minimum absolute atomic E-state index is 0.0271. The number of urea groups is 1. The fourth-order valence-corrected chi connectivity index (χ4v) is 4.58. The van der Waals surface area contributed by atoms with Crippen LogP contribution >= 0.6 is 11.6 Å². The Morgan fingerprint density at radius 3 is 2.78 bits per heavy atom. The number of benzene rings is 2. The largest absolute Gasteiger partial charge is 0.447 e. The molecular formula is C29H27ClFN7O3. The Balaban J connectivity index is 1.25. The van der Waals surface area contributed by atoms with Crippen LogP contribution in [0.4, 0.5) is 19.8 Å². The second-order valence-electron chi connectivity index (χ2n) is 9.36. The van der Waals surface area contributed by atoms with Crippen molar-refractivity contribution in [2.24, 2.45) is 0 Å². The topological polar surface area (TPSA) is 114 Å². The number of hydrogen-bond donors (Lipinski definition) is 2. The highest BCUT2D eigenvalue weighted by molar-refractivity contribution is 6.31. The number of amides is 3. The number of rotatable bonds is 9. The van der Waals surface area contributed by atoms with Gasteiger partial charge in [-0.25, -0.2) is 23.9 Å². The number of nitrogens with zero attached hydrogens (tertiary/aromatic N) is 5. The summed E-state index contributed by atoms with van der Waals surface area (Å²) in [6, 6.07) is 12.9. The maximum atomic E-state index is 13.8. The van der Waals surface area contributed by atoms with Crippen molar-refractivity contribution in [3.63, 3.8) is 0 Å². The zero-order chi connectivity index (χ0) is 28.8. The lowest BCUT2D eigenvalue weighted by Gasteiger charge is -2.28. The number of carbonyl (C=O) groups excluding carboxylic acids is 2. The third-order valence-electron chi connectivity index (χ3n) is 6.71. The summed E-state index contributed by atoms with van der Waals surface area (Å²) in [4.78, 5) is 40.0. The molecule has 0 saturated heterocycles. The molecule has 210 valence electrons. The predicted octanol–water partition coefficient (Wildman–Crippen LogP) is 5.46. The molecule has 0 unspecified atom stereocenters. The van der Waals surface area contributed by atoms with Crippen molar-refractivity contribution in [3.8, 4) is 0 Å². The summed E-state index contributed by atoms with van der Waals surface area (Å²) in [5.74, 6) is 0.561. The SMILES string of the molecule is CN(C(=O)NCc1cccc(F)c1Cl)[C@@H](CCc1ncc2cnccn12)COC(=O)Nc1cc2ccccc2cn1. The van der Waals surface area contributed by atoms with Crippen molar-refractivity contribution in [2.75, 3.05) is 19.0 Å². The first kappa shape index (κ1) is 27.8. The van der Waals surface area contributed by atoms with Crippen molar-refractivity contribution in [2.45, 2.75) is 25.4 Å². The molecule has 0 aliphatic heterocycles.